The van der Waals surface area contributed by atoms with Gasteiger partial charge in [-0.15, -0.1) is 0 Å². The maximum Gasteiger partial charge on any atom is 0.313 e. The molecule has 0 radical (unpaired) electrons. The van der Waals surface area contributed by atoms with E-state index >= 15 is 0 Å². The number of methoxy groups -OCH3 is 1. The van der Waals surface area contributed by atoms with Gasteiger partial charge in [-0.2, -0.15) is 0 Å². The van der Waals surface area contributed by atoms with Crippen LogP contribution >= 0.6 is 0 Å². The van der Waals surface area contributed by atoms with Crippen LogP contribution in [0, 0.1) is 0 Å². The number of ether oxygens (including phenoxy) is 1. The van der Waals surface area contributed by atoms with Crippen molar-refractivity contribution in [2.24, 2.45) is 0 Å². The fourth-order valence-electron chi connectivity index (χ4n) is 3.68. The van der Waals surface area contributed by atoms with Crippen molar-refractivity contribution in [1.82, 2.24) is 10.2 Å². The first-order chi connectivity index (χ1) is 11.7. The lowest BCUT2D eigenvalue weighted by molar-refractivity contribution is -0.136. The van der Waals surface area contributed by atoms with Crippen molar-refractivity contribution in [1.29, 1.82) is 0 Å². The molecule has 130 valence electrons. The fourth-order valence-corrected chi connectivity index (χ4v) is 3.68. The molecule has 1 aliphatic carbocycles. The molecule has 1 aliphatic heterocycles. The van der Waals surface area contributed by atoms with Crippen molar-refractivity contribution in [3.05, 3.63) is 24.3 Å². The molecule has 6 nitrogen and oxygen atoms in total. The summed E-state index contributed by atoms with van der Waals surface area (Å²) in [7, 11) is 1.53. The van der Waals surface area contributed by atoms with Crippen LogP contribution in [0.1, 0.15) is 32.1 Å². The van der Waals surface area contributed by atoms with Crippen molar-refractivity contribution in [2.75, 3.05) is 25.5 Å². The Hall–Kier alpha value is -2.08. The van der Waals surface area contributed by atoms with Gasteiger partial charge in [0, 0.05) is 25.2 Å². The van der Waals surface area contributed by atoms with Gasteiger partial charge in [0.15, 0.2) is 0 Å². The first-order valence-corrected chi connectivity index (χ1v) is 8.66. The molecule has 2 aliphatic rings. The van der Waals surface area contributed by atoms with Gasteiger partial charge in [-0.1, -0.05) is 25.0 Å². The molecule has 2 fully saturated rings. The van der Waals surface area contributed by atoms with Crippen molar-refractivity contribution in [3.8, 4) is 5.75 Å². The summed E-state index contributed by atoms with van der Waals surface area (Å²) < 4.78 is 5.18. The second-order valence-electron chi connectivity index (χ2n) is 6.55. The van der Waals surface area contributed by atoms with Crippen LogP contribution < -0.4 is 15.4 Å². The van der Waals surface area contributed by atoms with Crippen molar-refractivity contribution >= 4 is 17.5 Å². The van der Waals surface area contributed by atoms with E-state index in [2.05, 4.69) is 15.5 Å². The molecule has 0 aromatic heterocycles. The average Bonchev–Trinajstić information content (AvgIpc) is 3.26. The van der Waals surface area contributed by atoms with Gasteiger partial charge in [-0.05, 0) is 31.4 Å². The Morgan fingerprint density at radius 3 is 2.62 bits per heavy atom. The van der Waals surface area contributed by atoms with E-state index < -0.39 is 11.8 Å². The Balaban J connectivity index is 1.50. The predicted octanol–water partition coefficient (Wildman–Crippen LogP) is 1.77. The van der Waals surface area contributed by atoms with E-state index in [1.807, 2.05) is 6.07 Å². The van der Waals surface area contributed by atoms with E-state index in [1.165, 1.54) is 32.8 Å². The van der Waals surface area contributed by atoms with Gasteiger partial charge in [0.05, 0.1) is 12.8 Å². The first kappa shape index (κ1) is 16.8. The molecule has 24 heavy (non-hydrogen) atoms. The second-order valence-corrected chi connectivity index (χ2v) is 6.55. The number of rotatable bonds is 4. The molecule has 2 amide bonds. The zero-order chi connectivity index (χ0) is 16.9. The van der Waals surface area contributed by atoms with Gasteiger partial charge in [0.25, 0.3) is 0 Å². The number of amides is 2. The summed E-state index contributed by atoms with van der Waals surface area (Å²) in [5, 5.41) is 5.47. The Kier molecular flexibility index (Phi) is 5.35. The van der Waals surface area contributed by atoms with Crippen LogP contribution in [0.25, 0.3) is 0 Å². The number of nitrogens with zero attached hydrogens (tertiary/aromatic N) is 1. The number of hydrogen-bond donors (Lipinski definition) is 2. The molecular formula is C18H25N3O3. The van der Waals surface area contributed by atoms with E-state index in [0.717, 1.165) is 19.5 Å². The molecule has 1 atom stereocenters. The van der Waals surface area contributed by atoms with Crippen LogP contribution in [0.3, 0.4) is 0 Å². The summed E-state index contributed by atoms with van der Waals surface area (Å²) in [6.07, 6.45) is 6.03. The van der Waals surface area contributed by atoms with Crippen LogP contribution in [0.5, 0.6) is 5.75 Å². The van der Waals surface area contributed by atoms with Gasteiger partial charge >= 0.3 is 11.8 Å². The van der Waals surface area contributed by atoms with Crippen molar-refractivity contribution < 1.29 is 14.3 Å². The number of anilines is 1. The predicted molar refractivity (Wildman–Crippen MR) is 92.0 cm³/mol. The Morgan fingerprint density at radius 1 is 1.12 bits per heavy atom. The lowest BCUT2D eigenvalue weighted by atomic mass is 10.2. The molecule has 1 aromatic carbocycles. The second kappa shape index (κ2) is 7.66. The highest BCUT2D eigenvalue weighted by atomic mass is 16.5. The standard InChI is InChI=1S/C18H25N3O3/c1-24-16-9-5-4-8-15(16)20-18(23)17(22)19-13-10-11-21(12-13)14-6-2-3-7-14/h4-5,8-9,13-14H,2-3,6-7,10-12H2,1H3,(H,19,22)(H,20,23). The van der Waals surface area contributed by atoms with Crippen molar-refractivity contribution in [2.45, 2.75) is 44.2 Å². The number of likely N-dealkylation sites (tertiary alicyclic amines) is 1. The van der Waals surface area contributed by atoms with E-state index in [0.29, 0.717) is 17.5 Å². The maximum atomic E-state index is 12.1. The number of benzene rings is 1. The van der Waals surface area contributed by atoms with Crippen LogP contribution in [0.2, 0.25) is 0 Å². The molecule has 3 rings (SSSR count). The molecule has 1 saturated heterocycles. The third-order valence-corrected chi connectivity index (χ3v) is 4.96. The Morgan fingerprint density at radius 2 is 1.88 bits per heavy atom. The van der Waals surface area contributed by atoms with Crippen LogP contribution in [0.4, 0.5) is 5.69 Å². The molecule has 6 heteroatoms. The lowest BCUT2D eigenvalue weighted by Crippen LogP contribution is -2.43. The topological polar surface area (TPSA) is 70.7 Å². The summed E-state index contributed by atoms with van der Waals surface area (Å²) in [4.78, 5) is 26.7. The van der Waals surface area contributed by atoms with Gasteiger partial charge in [0.2, 0.25) is 0 Å². The average molecular weight is 331 g/mol. The molecule has 1 aromatic rings. The largest absolute Gasteiger partial charge is 0.495 e. The van der Waals surface area contributed by atoms with Crippen LogP contribution in [-0.2, 0) is 9.59 Å². The first-order valence-electron chi connectivity index (χ1n) is 8.66. The summed E-state index contributed by atoms with van der Waals surface area (Å²) in [5.41, 5.74) is 0.499. The van der Waals surface area contributed by atoms with Crippen molar-refractivity contribution in [3.63, 3.8) is 0 Å². The number of carbonyl (C=O) groups excluding carboxylic acids is 2. The molecule has 0 spiro atoms. The third-order valence-electron chi connectivity index (χ3n) is 4.96. The van der Waals surface area contributed by atoms with Gasteiger partial charge < -0.3 is 15.4 Å². The minimum Gasteiger partial charge on any atom is -0.495 e. The highest BCUT2D eigenvalue weighted by Gasteiger charge is 2.31. The number of carbonyl (C=O) groups is 2. The highest BCUT2D eigenvalue weighted by molar-refractivity contribution is 6.39. The van der Waals surface area contributed by atoms with Gasteiger partial charge in [-0.25, -0.2) is 0 Å². The lowest BCUT2D eigenvalue weighted by Gasteiger charge is -2.23. The number of hydrogen-bond acceptors (Lipinski definition) is 4. The SMILES string of the molecule is COc1ccccc1NC(=O)C(=O)NC1CCN(C2CCCC2)C1. The monoisotopic (exact) mass is 331 g/mol. The minimum absolute atomic E-state index is 0.0570. The van der Waals surface area contributed by atoms with E-state index in [1.54, 1.807) is 18.2 Å². The number of nitrogens with one attached hydrogen (secondary N) is 2. The molecule has 1 saturated carbocycles. The number of para-hydroxylation sites is 2. The summed E-state index contributed by atoms with van der Waals surface area (Å²) in [6.45, 7) is 1.85. The molecule has 1 unspecified atom stereocenters. The third kappa shape index (κ3) is 3.87. The Labute approximate surface area is 142 Å². The fraction of sp³-hybridized carbons (Fsp3) is 0.556. The zero-order valence-electron chi connectivity index (χ0n) is 14.1. The smallest absolute Gasteiger partial charge is 0.313 e. The quantitative estimate of drug-likeness (QED) is 0.825. The molecule has 1 heterocycles. The molecule has 2 N–H and O–H groups in total. The molecule has 0 bridgehead atoms. The maximum absolute atomic E-state index is 12.1. The Bertz CT molecular complexity index is 599. The minimum atomic E-state index is -0.654. The normalized spacial score (nSPS) is 21.6. The van der Waals surface area contributed by atoms with Crippen LogP contribution in [-0.4, -0.2) is 49.0 Å². The van der Waals surface area contributed by atoms with Gasteiger partial charge in [-0.3, -0.25) is 14.5 Å². The summed E-state index contributed by atoms with van der Waals surface area (Å²) in [6, 6.07) is 7.76. The zero-order valence-corrected chi connectivity index (χ0v) is 14.1. The van der Waals surface area contributed by atoms with E-state index in [4.69, 9.17) is 4.74 Å². The van der Waals surface area contributed by atoms with E-state index in [-0.39, 0.29) is 6.04 Å². The highest BCUT2D eigenvalue weighted by Crippen LogP contribution is 2.26. The summed E-state index contributed by atoms with van der Waals surface area (Å²) >= 11 is 0. The van der Waals surface area contributed by atoms with Crippen LogP contribution in [0.15, 0.2) is 24.3 Å². The summed E-state index contributed by atoms with van der Waals surface area (Å²) in [5.74, 6) is -0.704. The van der Waals surface area contributed by atoms with Gasteiger partial charge in [0.1, 0.15) is 5.75 Å². The van der Waals surface area contributed by atoms with E-state index in [9.17, 15) is 9.59 Å². The molecular weight excluding hydrogens is 306 g/mol.